The average Bonchev–Trinajstić information content (AvgIpc) is 2.61. The number of nitrogens with one attached hydrogen (secondary N) is 1. The molecule has 4 nitrogen and oxygen atoms in total. The van der Waals surface area contributed by atoms with Crippen molar-refractivity contribution < 1.29 is 10.2 Å². The summed E-state index contributed by atoms with van der Waals surface area (Å²) in [6.45, 7) is 3.79. The molecule has 80 valence electrons. The molecule has 0 saturated carbocycles. The Kier molecular flexibility index (Phi) is 4.47. The van der Waals surface area contributed by atoms with Crippen LogP contribution in [0.4, 0.5) is 0 Å². The van der Waals surface area contributed by atoms with Crippen LogP contribution in [0.5, 0.6) is 0 Å². The lowest BCUT2D eigenvalue weighted by Gasteiger charge is -2.18. The zero-order chi connectivity index (χ0) is 10.6. The summed E-state index contributed by atoms with van der Waals surface area (Å²) in [7, 11) is 0. The van der Waals surface area contributed by atoms with E-state index in [2.05, 4.69) is 10.3 Å². The Labute approximate surface area is 87.6 Å². The standard InChI is InChI=1S/C9H16N2O2S/c1-6(10-8(3-12)4-13)9-5-14-7(2)11-9/h5-6,8,10,12-13H,3-4H2,1-2H3. The molecule has 0 bridgehead atoms. The number of aliphatic hydroxyl groups is 2. The number of aryl methyl sites for hydroxylation is 1. The molecule has 1 aromatic heterocycles. The molecule has 0 radical (unpaired) electrons. The molecule has 0 aliphatic carbocycles. The van der Waals surface area contributed by atoms with Crippen LogP contribution in [0.1, 0.15) is 23.7 Å². The Morgan fingerprint density at radius 1 is 1.50 bits per heavy atom. The Morgan fingerprint density at radius 2 is 2.14 bits per heavy atom. The SMILES string of the molecule is Cc1nc(C(C)NC(CO)CO)cs1. The second-order valence-electron chi connectivity index (χ2n) is 3.24. The summed E-state index contributed by atoms with van der Waals surface area (Å²) in [6, 6.07) is -0.212. The molecule has 1 atom stereocenters. The van der Waals surface area contributed by atoms with Gasteiger partial charge in [0.05, 0.1) is 30.0 Å². The van der Waals surface area contributed by atoms with Crippen LogP contribution < -0.4 is 5.32 Å². The highest BCUT2D eigenvalue weighted by Crippen LogP contribution is 2.15. The van der Waals surface area contributed by atoms with Crippen LogP contribution in [0, 0.1) is 6.92 Å². The first-order chi connectivity index (χ1) is 6.67. The van der Waals surface area contributed by atoms with E-state index in [0.717, 1.165) is 10.7 Å². The number of aromatic nitrogens is 1. The highest BCUT2D eigenvalue weighted by atomic mass is 32.1. The molecule has 0 aliphatic rings. The molecule has 0 fully saturated rings. The molecule has 14 heavy (non-hydrogen) atoms. The van der Waals surface area contributed by atoms with Gasteiger partial charge in [-0.1, -0.05) is 0 Å². The summed E-state index contributed by atoms with van der Waals surface area (Å²) in [5.41, 5.74) is 0.958. The highest BCUT2D eigenvalue weighted by Gasteiger charge is 2.13. The van der Waals surface area contributed by atoms with E-state index in [1.807, 2.05) is 19.2 Å². The molecule has 0 aliphatic heterocycles. The maximum Gasteiger partial charge on any atom is 0.0898 e. The first kappa shape index (κ1) is 11.6. The van der Waals surface area contributed by atoms with Crippen molar-refractivity contribution in [3.8, 4) is 0 Å². The van der Waals surface area contributed by atoms with Gasteiger partial charge in [0.1, 0.15) is 0 Å². The molecular formula is C9H16N2O2S. The van der Waals surface area contributed by atoms with Gasteiger partial charge in [-0.3, -0.25) is 0 Å². The summed E-state index contributed by atoms with van der Waals surface area (Å²) in [5, 5.41) is 23.9. The van der Waals surface area contributed by atoms with Crippen LogP contribution in [0.3, 0.4) is 0 Å². The zero-order valence-electron chi connectivity index (χ0n) is 8.40. The molecule has 1 aromatic rings. The molecule has 3 N–H and O–H groups in total. The number of hydrogen-bond donors (Lipinski definition) is 3. The molecule has 0 spiro atoms. The average molecular weight is 216 g/mol. The quantitative estimate of drug-likeness (QED) is 0.669. The first-order valence-corrected chi connectivity index (χ1v) is 5.45. The lowest BCUT2D eigenvalue weighted by Crippen LogP contribution is -2.37. The highest BCUT2D eigenvalue weighted by molar-refractivity contribution is 7.09. The van der Waals surface area contributed by atoms with E-state index in [0.29, 0.717) is 0 Å². The smallest absolute Gasteiger partial charge is 0.0898 e. The maximum absolute atomic E-state index is 8.89. The van der Waals surface area contributed by atoms with Crippen molar-refractivity contribution in [2.45, 2.75) is 25.9 Å². The Hall–Kier alpha value is -0.490. The number of aliphatic hydroxyl groups excluding tert-OH is 2. The van der Waals surface area contributed by atoms with E-state index in [1.165, 1.54) is 0 Å². The van der Waals surface area contributed by atoms with Crippen molar-refractivity contribution in [3.63, 3.8) is 0 Å². The molecule has 1 rings (SSSR count). The largest absolute Gasteiger partial charge is 0.395 e. The van der Waals surface area contributed by atoms with Crippen LogP contribution in [0.2, 0.25) is 0 Å². The van der Waals surface area contributed by atoms with E-state index in [-0.39, 0.29) is 25.3 Å². The van der Waals surface area contributed by atoms with Gasteiger partial charge in [0.2, 0.25) is 0 Å². The predicted octanol–water partition coefficient (Wildman–Crippen LogP) is 0.455. The van der Waals surface area contributed by atoms with Gasteiger partial charge in [-0.2, -0.15) is 0 Å². The minimum Gasteiger partial charge on any atom is -0.395 e. The third-order valence-electron chi connectivity index (χ3n) is 2.01. The molecule has 5 heteroatoms. The van der Waals surface area contributed by atoms with Gasteiger partial charge in [0, 0.05) is 11.4 Å². The molecule has 0 aromatic carbocycles. The van der Waals surface area contributed by atoms with Crippen molar-refractivity contribution in [1.29, 1.82) is 0 Å². The fraction of sp³-hybridized carbons (Fsp3) is 0.667. The normalized spacial score (nSPS) is 13.5. The van der Waals surface area contributed by atoms with Gasteiger partial charge in [-0.15, -0.1) is 11.3 Å². The fourth-order valence-corrected chi connectivity index (χ4v) is 1.89. The second kappa shape index (κ2) is 5.41. The predicted molar refractivity (Wildman–Crippen MR) is 56.4 cm³/mol. The minimum atomic E-state index is -0.271. The molecule has 0 amide bonds. The van der Waals surface area contributed by atoms with Crippen molar-refractivity contribution in [1.82, 2.24) is 10.3 Å². The van der Waals surface area contributed by atoms with Gasteiger partial charge < -0.3 is 15.5 Å². The number of thiazole rings is 1. The van der Waals surface area contributed by atoms with Crippen LogP contribution >= 0.6 is 11.3 Å². The number of nitrogens with zero attached hydrogens (tertiary/aromatic N) is 1. The molecule has 0 saturated heterocycles. The van der Waals surface area contributed by atoms with Gasteiger partial charge in [0.15, 0.2) is 0 Å². The van der Waals surface area contributed by atoms with Gasteiger partial charge in [-0.25, -0.2) is 4.98 Å². The monoisotopic (exact) mass is 216 g/mol. The van der Waals surface area contributed by atoms with Gasteiger partial charge in [-0.05, 0) is 13.8 Å². The Balaban J connectivity index is 2.53. The number of rotatable bonds is 5. The van der Waals surface area contributed by atoms with E-state index >= 15 is 0 Å². The van der Waals surface area contributed by atoms with E-state index in [9.17, 15) is 0 Å². The first-order valence-electron chi connectivity index (χ1n) is 4.57. The molecule has 1 heterocycles. The van der Waals surface area contributed by atoms with Crippen molar-refractivity contribution >= 4 is 11.3 Å². The van der Waals surface area contributed by atoms with Crippen LogP contribution in [-0.2, 0) is 0 Å². The Bertz CT molecular complexity index is 274. The van der Waals surface area contributed by atoms with Crippen LogP contribution in [0.25, 0.3) is 0 Å². The lowest BCUT2D eigenvalue weighted by atomic mass is 10.2. The van der Waals surface area contributed by atoms with E-state index in [4.69, 9.17) is 10.2 Å². The molecular weight excluding hydrogens is 200 g/mol. The maximum atomic E-state index is 8.89. The van der Waals surface area contributed by atoms with Gasteiger partial charge >= 0.3 is 0 Å². The third-order valence-corrected chi connectivity index (χ3v) is 2.80. The van der Waals surface area contributed by atoms with Crippen LogP contribution in [0.15, 0.2) is 5.38 Å². The third kappa shape index (κ3) is 3.02. The van der Waals surface area contributed by atoms with E-state index < -0.39 is 0 Å². The minimum absolute atomic E-state index is 0.0595. The van der Waals surface area contributed by atoms with Crippen LogP contribution in [-0.4, -0.2) is 34.5 Å². The summed E-state index contributed by atoms with van der Waals surface area (Å²) in [6.07, 6.45) is 0. The second-order valence-corrected chi connectivity index (χ2v) is 4.30. The van der Waals surface area contributed by atoms with Crippen molar-refractivity contribution in [2.24, 2.45) is 0 Å². The molecule has 1 unspecified atom stereocenters. The summed E-state index contributed by atoms with van der Waals surface area (Å²) < 4.78 is 0. The summed E-state index contributed by atoms with van der Waals surface area (Å²) in [5.74, 6) is 0. The topological polar surface area (TPSA) is 65.4 Å². The zero-order valence-corrected chi connectivity index (χ0v) is 9.21. The van der Waals surface area contributed by atoms with Crippen molar-refractivity contribution in [3.05, 3.63) is 16.1 Å². The summed E-state index contributed by atoms with van der Waals surface area (Å²) in [4.78, 5) is 4.33. The van der Waals surface area contributed by atoms with Gasteiger partial charge in [0.25, 0.3) is 0 Å². The Morgan fingerprint density at radius 3 is 2.57 bits per heavy atom. The lowest BCUT2D eigenvalue weighted by molar-refractivity contribution is 0.163. The fourth-order valence-electron chi connectivity index (χ4n) is 1.18. The van der Waals surface area contributed by atoms with Crippen molar-refractivity contribution in [2.75, 3.05) is 13.2 Å². The number of hydrogen-bond acceptors (Lipinski definition) is 5. The van der Waals surface area contributed by atoms with E-state index in [1.54, 1.807) is 11.3 Å². The summed E-state index contributed by atoms with van der Waals surface area (Å²) >= 11 is 1.60.